The summed E-state index contributed by atoms with van der Waals surface area (Å²) >= 11 is 0. The highest BCUT2D eigenvalue weighted by Gasteiger charge is 2.34. The Hall–Kier alpha value is -3.59. The van der Waals surface area contributed by atoms with Crippen molar-refractivity contribution in [3.63, 3.8) is 0 Å². The number of terminal acetylenes is 1. The predicted octanol–water partition coefficient (Wildman–Crippen LogP) is 4.51. The normalized spacial score (nSPS) is 15.3. The summed E-state index contributed by atoms with van der Waals surface area (Å²) in [5, 5.41) is 10.7. The lowest BCUT2D eigenvalue weighted by Crippen LogP contribution is -2.36. The van der Waals surface area contributed by atoms with Crippen LogP contribution in [0.25, 0.3) is 21.9 Å². The van der Waals surface area contributed by atoms with E-state index in [9.17, 15) is 9.90 Å². The molecule has 1 aromatic heterocycles. The third-order valence-corrected chi connectivity index (χ3v) is 4.80. The van der Waals surface area contributed by atoms with Crippen LogP contribution in [0.15, 0.2) is 45.8 Å². The van der Waals surface area contributed by atoms with Gasteiger partial charge in [0.25, 0.3) is 0 Å². The van der Waals surface area contributed by atoms with Gasteiger partial charge in [-0.3, -0.25) is 4.79 Å². The number of ether oxygens (including phenoxy) is 3. The highest BCUT2D eigenvalue weighted by atomic mass is 16.6. The van der Waals surface area contributed by atoms with Crippen molar-refractivity contribution in [2.24, 2.45) is 0 Å². The molecule has 0 unspecified atom stereocenters. The Balaban J connectivity index is 1.99. The number of hydrogen-bond donors (Lipinski definition) is 1. The van der Waals surface area contributed by atoms with Crippen LogP contribution in [0.1, 0.15) is 27.7 Å². The van der Waals surface area contributed by atoms with Gasteiger partial charge in [-0.05, 0) is 39.8 Å². The molecule has 3 aromatic rings. The maximum Gasteiger partial charge on any atom is 0.212 e. The Morgan fingerprint density at radius 2 is 2.00 bits per heavy atom. The second kappa shape index (κ2) is 5.95. The SMILES string of the molecule is C#CC(C)(C)Oc1cc(O)c2c(=O)c3ccc4c(c3oc2c1)OC(=C)C(C)(C)O4. The van der Waals surface area contributed by atoms with E-state index >= 15 is 0 Å². The third kappa shape index (κ3) is 2.95. The van der Waals surface area contributed by atoms with E-state index in [4.69, 9.17) is 25.1 Å². The number of fused-ring (bicyclic) bond motifs is 4. The molecule has 2 heterocycles. The number of rotatable bonds is 2. The van der Waals surface area contributed by atoms with Gasteiger partial charge >= 0.3 is 0 Å². The van der Waals surface area contributed by atoms with E-state index < -0.39 is 16.6 Å². The lowest BCUT2D eigenvalue weighted by molar-refractivity contribution is 0.0751. The molecule has 0 fully saturated rings. The molecule has 0 radical (unpaired) electrons. The lowest BCUT2D eigenvalue weighted by atomic mass is 10.0. The fraction of sp³-hybridized carbons (Fsp3) is 0.261. The summed E-state index contributed by atoms with van der Waals surface area (Å²) in [4.78, 5) is 13.0. The van der Waals surface area contributed by atoms with Gasteiger partial charge in [-0.1, -0.05) is 12.5 Å². The van der Waals surface area contributed by atoms with Crippen LogP contribution in [-0.2, 0) is 0 Å². The number of phenolic OH excluding ortho intramolecular Hbond substituents is 1. The zero-order valence-corrected chi connectivity index (χ0v) is 16.6. The van der Waals surface area contributed by atoms with Gasteiger partial charge in [0.05, 0.1) is 5.39 Å². The Morgan fingerprint density at radius 1 is 1.28 bits per heavy atom. The van der Waals surface area contributed by atoms with Crippen LogP contribution in [-0.4, -0.2) is 16.3 Å². The summed E-state index contributed by atoms with van der Waals surface area (Å²) in [6.07, 6.45) is 5.46. The van der Waals surface area contributed by atoms with Gasteiger partial charge < -0.3 is 23.7 Å². The molecule has 2 aromatic carbocycles. The first kappa shape index (κ1) is 18.8. The van der Waals surface area contributed by atoms with E-state index in [1.807, 2.05) is 13.8 Å². The quantitative estimate of drug-likeness (QED) is 0.511. The molecule has 1 aliphatic heterocycles. The number of benzene rings is 2. The van der Waals surface area contributed by atoms with Crippen molar-refractivity contribution in [1.29, 1.82) is 0 Å². The number of aromatic hydroxyl groups is 1. The Kier molecular flexibility index (Phi) is 3.85. The minimum absolute atomic E-state index is 0.0409. The van der Waals surface area contributed by atoms with Crippen LogP contribution >= 0.6 is 0 Å². The second-order valence-corrected chi connectivity index (χ2v) is 7.91. The average molecular weight is 392 g/mol. The second-order valence-electron chi connectivity index (χ2n) is 7.91. The van der Waals surface area contributed by atoms with Crippen molar-refractivity contribution in [2.75, 3.05) is 0 Å². The summed E-state index contributed by atoms with van der Waals surface area (Å²) in [5.41, 5.74) is -1.69. The van der Waals surface area contributed by atoms with Gasteiger partial charge in [0.15, 0.2) is 22.5 Å². The fourth-order valence-electron chi connectivity index (χ4n) is 3.09. The monoisotopic (exact) mass is 392 g/mol. The van der Waals surface area contributed by atoms with Gasteiger partial charge in [0.1, 0.15) is 28.2 Å². The molecule has 0 saturated heterocycles. The number of hydrogen-bond acceptors (Lipinski definition) is 6. The maximum atomic E-state index is 13.0. The number of phenols is 1. The minimum atomic E-state index is -0.906. The largest absolute Gasteiger partial charge is 0.507 e. The van der Waals surface area contributed by atoms with E-state index in [0.29, 0.717) is 11.5 Å². The van der Waals surface area contributed by atoms with Gasteiger partial charge in [-0.25, -0.2) is 0 Å². The van der Waals surface area contributed by atoms with Gasteiger partial charge in [0, 0.05) is 12.1 Å². The molecule has 6 nitrogen and oxygen atoms in total. The molecule has 0 atom stereocenters. The van der Waals surface area contributed by atoms with Crippen molar-refractivity contribution in [3.8, 4) is 35.3 Å². The maximum absolute atomic E-state index is 13.0. The van der Waals surface area contributed by atoms with Crippen molar-refractivity contribution >= 4 is 21.9 Å². The molecule has 29 heavy (non-hydrogen) atoms. The molecular formula is C23H20O6. The van der Waals surface area contributed by atoms with E-state index in [0.717, 1.165) is 0 Å². The van der Waals surface area contributed by atoms with Crippen LogP contribution < -0.4 is 19.6 Å². The molecule has 0 saturated carbocycles. The zero-order chi connectivity index (χ0) is 21.1. The predicted molar refractivity (Wildman–Crippen MR) is 110 cm³/mol. The summed E-state index contributed by atoms with van der Waals surface area (Å²) in [6.45, 7) is 11.0. The van der Waals surface area contributed by atoms with Gasteiger partial charge in [-0.15, -0.1) is 6.42 Å². The lowest BCUT2D eigenvalue weighted by Gasteiger charge is -2.33. The highest BCUT2D eigenvalue weighted by molar-refractivity contribution is 5.96. The van der Waals surface area contributed by atoms with Crippen molar-refractivity contribution in [2.45, 2.75) is 38.9 Å². The van der Waals surface area contributed by atoms with Crippen LogP contribution in [0.2, 0.25) is 0 Å². The topological polar surface area (TPSA) is 78.1 Å². The van der Waals surface area contributed by atoms with Crippen molar-refractivity contribution in [3.05, 3.63) is 46.8 Å². The molecular weight excluding hydrogens is 372 g/mol. The molecule has 148 valence electrons. The standard InChI is InChI=1S/C23H20O6/c1-7-22(3,4)28-13-10-15(24)18-17(11-13)27-20-14(19(18)25)8-9-16-21(20)26-12(2)23(5,6)29-16/h1,8-11,24H,2H2,3-6H3. The molecule has 0 amide bonds. The molecule has 0 bridgehead atoms. The van der Waals surface area contributed by atoms with E-state index in [1.54, 1.807) is 26.0 Å². The Labute approximate surface area is 167 Å². The fourth-order valence-corrected chi connectivity index (χ4v) is 3.09. The van der Waals surface area contributed by atoms with Gasteiger partial charge in [-0.2, -0.15) is 0 Å². The van der Waals surface area contributed by atoms with E-state index in [2.05, 4.69) is 12.5 Å². The van der Waals surface area contributed by atoms with Crippen molar-refractivity contribution in [1.82, 2.24) is 0 Å². The molecule has 1 aliphatic rings. The third-order valence-electron chi connectivity index (χ3n) is 4.80. The highest BCUT2D eigenvalue weighted by Crippen LogP contribution is 2.44. The molecule has 0 spiro atoms. The molecule has 4 rings (SSSR count). The van der Waals surface area contributed by atoms with E-state index in [-0.39, 0.29) is 39.2 Å². The summed E-state index contributed by atoms with van der Waals surface area (Å²) in [6, 6.07) is 6.07. The average Bonchev–Trinajstić information content (AvgIpc) is 2.62. The smallest absolute Gasteiger partial charge is 0.212 e. The first-order valence-corrected chi connectivity index (χ1v) is 9.02. The summed E-state index contributed by atoms with van der Waals surface area (Å²) in [5.74, 6) is 3.60. The Morgan fingerprint density at radius 3 is 2.69 bits per heavy atom. The van der Waals surface area contributed by atoms with Crippen LogP contribution in [0.5, 0.6) is 23.0 Å². The van der Waals surface area contributed by atoms with Crippen LogP contribution in [0, 0.1) is 12.3 Å². The zero-order valence-electron chi connectivity index (χ0n) is 16.6. The summed E-state index contributed by atoms with van der Waals surface area (Å²) in [7, 11) is 0. The Bertz CT molecular complexity index is 1290. The molecule has 6 heteroatoms. The van der Waals surface area contributed by atoms with Gasteiger partial charge in [0.2, 0.25) is 11.2 Å². The molecule has 0 aliphatic carbocycles. The van der Waals surface area contributed by atoms with Crippen LogP contribution in [0.3, 0.4) is 0 Å². The van der Waals surface area contributed by atoms with Crippen LogP contribution in [0.4, 0.5) is 0 Å². The summed E-state index contributed by atoms with van der Waals surface area (Å²) < 4.78 is 23.5. The molecule has 1 N–H and O–H groups in total. The minimum Gasteiger partial charge on any atom is -0.507 e. The first-order valence-electron chi connectivity index (χ1n) is 9.02. The first-order chi connectivity index (χ1) is 13.5. The van der Waals surface area contributed by atoms with Crippen molar-refractivity contribution < 1.29 is 23.7 Å². The van der Waals surface area contributed by atoms with E-state index in [1.165, 1.54) is 12.1 Å².